The maximum atomic E-state index is 12.3. The maximum absolute atomic E-state index is 12.3. The van der Waals surface area contributed by atoms with Gasteiger partial charge in [0.25, 0.3) is 5.91 Å². The minimum Gasteiger partial charge on any atom is -0.352 e. The number of fused-ring (bicyclic) bond motifs is 1. The van der Waals surface area contributed by atoms with E-state index < -0.39 is 6.04 Å². The third-order valence-electron chi connectivity index (χ3n) is 4.79. The Morgan fingerprint density at radius 2 is 2.16 bits per heavy atom. The van der Waals surface area contributed by atoms with Crippen molar-refractivity contribution in [2.24, 2.45) is 22.1 Å². The number of carbonyl (C=O) groups excluding carboxylic acids is 1. The molecule has 0 saturated carbocycles. The molecule has 25 heavy (non-hydrogen) atoms. The highest BCUT2D eigenvalue weighted by atomic mass is 16.1. The van der Waals surface area contributed by atoms with Crippen molar-refractivity contribution in [3.05, 3.63) is 41.7 Å². The summed E-state index contributed by atoms with van der Waals surface area (Å²) in [6.45, 7) is 7.24. The summed E-state index contributed by atoms with van der Waals surface area (Å²) in [7, 11) is 0. The zero-order valence-corrected chi connectivity index (χ0v) is 15.5. The van der Waals surface area contributed by atoms with Gasteiger partial charge in [-0.25, -0.2) is 4.99 Å². The smallest absolute Gasteiger partial charge is 0.263 e. The van der Waals surface area contributed by atoms with Gasteiger partial charge >= 0.3 is 0 Å². The number of allylic oxidation sites excluding steroid dienone is 3. The average Bonchev–Trinajstić information content (AvgIpc) is 3.08. The first kappa shape index (κ1) is 17.9. The molecule has 0 bridgehead atoms. The van der Waals surface area contributed by atoms with E-state index in [2.05, 4.69) is 54.9 Å². The zero-order chi connectivity index (χ0) is 18.0. The number of amides is 1. The summed E-state index contributed by atoms with van der Waals surface area (Å²) in [6.07, 6.45) is 17.2. The molecule has 0 spiro atoms. The SMILES string of the molecule is CC(C)(C)C[C@H](N)C(=O)N=C1C=Cc2cn(CC3C=CCCC3)cc21. The van der Waals surface area contributed by atoms with Crippen LogP contribution in [0.1, 0.15) is 57.6 Å². The molecule has 0 fully saturated rings. The largest absolute Gasteiger partial charge is 0.352 e. The Kier molecular flexibility index (Phi) is 5.09. The third kappa shape index (κ3) is 4.57. The van der Waals surface area contributed by atoms with Crippen molar-refractivity contribution < 1.29 is 4.79 Å². The van der Waals surface area contributed by atoms with Gasteiger partial charge in [0.05, 0.1) is 11.8 Å². The summed E-state index contributed by atoms with van der Waals surface area (Å²) in [6, 6.07) is -0.542. The number of hydrogen-bond donors (Lipinski definition) is 1. The molecule has 1 amide bonds. The number of rotatable bonds is 4. The molecule has 2 aliphatic rings. The van der Waals surface area contributed by atoms with E-state index in [1.807, 2.05) is 12.2 Å². The van der Waals surface area contributed by atoms with Gasteiger partial charge in [-0.1, -0.05) is 39.0 Å². The van der Waals surface area contributed by atoms with Crippen LogP contribution in [0, 0.1) is 11.3 Å². The van der Waals surface area contributed by atoms with Crippen molar-refractivity contribution in [3.63, 3.8) is 0 Å². The quantitative estimate of drug-likeness (QED) is 0.844. The standard InChI is InChI=1S/C21H29N3O/c1-21(2,3)11-18(22)20(25)23-19-10-9-16-13-24(14-17(16)19)12-15-7-5-4-6-8-15/h5,7,9-10,13-15,18H,4,6,8,11-12,22H2,1-3H3/t15?,18-/m0/s1. The number of aliphatic imine (C=N–C) groups is 1. The molecule has 0 saturated heterocycles. The van der Waals surface area contributed by atoms with Crippen molar-refractivity contribution in [1.82, 2.24) is 4.57 Å². The molecule has 134 valence electrons. The summed E-state index contributed by atoms with van der Waals surface area (Å²) < 4.78 is 2.23. The van der Waals surface area contributed by atoms with Gasteiger partial charge in [-0.05, 0) is 43.1 Å². The van der Waals surface area contributed by atoms with Gasteiger partial charge in [0.15, 0.2) is 0 Å². The van der Waals surface area contributed by atoms with Gasteiger partial charge in [0.1, 0.15) is 0 Å². The predicted molar refractivity (Wildman–Crippen MR) is 104 cm³/mol. The summed E-state index contributed by atoms with van der Waals surface area (Å²) in [5.41, 5.74) is 8.96. The minimum atomic E-state index is -0.542. The molecule has 3 rings (SSSR count). The van der Waals surface area contributed by atoms with Crippen LogP contribution in [-0.4, -0.2) is 22.2 Å². The molecule has 1 unspecified atom stereocenters. The fourth-order valence-electron chi connectivity index (χ4n) is 3.59. The van der Waals surface area contributed by atoms with Crippen LogP contribution in [0.5, 0.6) is 0 Å². The molecule has 0 radical (unpaired) electrons. The number of aromatic nitrogens is 1. The summed E-state index contributed by atoms with van der Waals surface area (Å²) >= 11 is 0. The van der Waals surface area contributed by atoms with Gasteiger partial charge in [0.2, 0.25) is 0 Å². The molecule has 2 aliphatic carbocycles. The van der Waals surface area contributed by atoms with Crippen molar-refractivity contribution in [2.75, 3.05) is 0 Å². The molecule has 0 aliphatic heterocycles. The van der Waals surface area contributed by atoms with Crippen LogP contribution in [0.2, 0.25) is 0 Å². The molecule has 1 aromatic heterocycles. The Bertz CT molecular complexity index is 731. The van der Waals surface area contributed by atoms with Gasteiger partial charge in [-0.2, -0.15) is 0 Å². The van der Waals surface area contributed by atoms with Crippen molar-refractivity contribution in [1.29, 1.82) is 0 Å². The number of hydrogen-bond acceptors (Lipinski definition) is 2. The van der Waals surface area contributed by atoms with E-state index in [0.717, 1.165) is 23.4 Å². The van der Waals surface area contributed by atoms with Crippen molar-refractivity contribution in [3.8, 4) is 0 Å². The fourth-order valence-corrected chi connectivity index (χ4v) is 3.59. The highest BCUT2D eigenvalue weighted by Crippen LogP contribution is 2.25. The van der Waals surface area contributed by atoms with Crippen molar-refractivity contribution in [2.45, 2.75) is 59.0 Å². The second kappa shape index (κ2) is 7.12. The highest BCUT2D eigenvalue weighted by Gasteiger charge is 2.23. The lowest BCUT2D eigenvalue weighted by Gasteiger charge is -2.21. The van der Waals surface area contributed by atoms with E-state index in [0.29, 0.717) is 12.3 Å². The molecular weight excluding hydrogens is 310 g/mol. The van der Waals surface area contributed by atoms with Gasteiger partial charge in [-0.3, -0.25) is 4.79 Å². The Morgan fingerprint density at radius 3 is 2.84 bits per heavy atom. The molecule has 4 heteroatoms. The van der Waals surface area contributed by atoms with Crippen LogP contribution in [0.4, 0.5) is 0 Å². The lowest BCUT2D eigenvalue weighted by Crippen LogP contribution is -2.33. The summed E-state index contributed by atoms with van der Waals surface area (Å²) in [5, 5.41) is 0. The average molecular weight is 339 g/mol. The van der Waals surface area contributed by atoms with E-state index in [1.165, 1.54) is 19.3 Å². The molecule has 2 N–H and O–H groups in total. The Labute approximate surface area is 150 Å². The van der Waals surface area contributed by atoms with Crippen LogP contribution in [-0.2, 0) is 11.3 Å². The van der Waals surface area contributed by atoms with Crippen molar-refractivity contribution >= 4 is 17.7 Å². The van der Waals surface area contributed by atoms with E-state index >= 15 is 0 Å². The minimum absolute atomic E-state index is 0.0166. The number of nitrogens with zero attached hydrogens (tertiary/aromatic N) is 2. The van der Waals surface area contributed by atoms with E-state index in [9.17, 15) is 4.79 Å². The van der Waals surface area contributed by atoms with Gasteiger partial charge in [-0.15, -0.1) is 0 Å². The van der Waals surface area contributed by atoms with Crippen LogP contribution in [0.3, 0.4) is 0 Å². The van der Waals surface area contributed by atoms with E-state index in [1.54, 1.807) is 0 Å². The predicted octanol–water partition coefficient (Wildman–Crippen LogP) is 3.95. The van der Waals surface area contributed by atoms with E-state index in [4.69, 9.17) is 5.73 Å². The van der Waals surface area contributed by atoms with Crippen LogP contribution >= 0.6 is 0 Å². The third-order valence-corrected chi connectivity index (χ3v) is 4.79. The molecule has 0 aromatic carbocycles. The molecule has 1 aromatic rings. The van der Waals surface area contributed by atoms with Crippen LogP contribution in [0.15, 0.2) is 35.6 Å². The summed E-state index contributed by atoms with van der Waals surface area (Å²) in [5.74, 6) is 0.373. The lowest BCUT2D eigenvalue weighted by molar-refractivity contribution is -0.119. The lowest BCUT2D eigenvalue weighted by atomic mass is 9.88. The highest BCUT2D eigenvalue weighted by molar-refractivity contribution is 6.20. The van der Waals surface area contributed by atoms with Crippen LogP contribution in [0.25, 0.3) is 6.08 Å². The number of carbonyl (C=O) groups is 1. The molecule has 1 heterocycles. The Hall–Kier alpha value is -1.94. The Morgan fingerprint density at radius 1 is 1.36 bits per heavy atom. The normalized spacial score (nSPS) is 22.4. The molecular formula is C21H29N3O. The second-order valence-electron chi connectivity index (χ2n) is 8.48. The molecule has 4 nitrogen and oxygen atoms in total. The van der Waals surface area contributed by atoms with Gasteiger partial charge in [0, 0.05) is 30.1 Å². The van der Waals surface area contributed by atoms with Gasteiger partial charge < -0.3 is 10.3 Å². The number of nitrogens with two attached hydrogens (primary N) is 1. The maximum Gasteiger partial charge on any atom is 0.263 e. The topological polar surface area (TPSA) is 60.4 Å². The monoisotopic (exact) mass is 339 g/mol. The molecule has 2 atom stereocenters. The second-order valence-corrected chi connectivity index (χ2v) is 8.48. The van der Waals surface area contributed by atoms with E-state index in [-0.39, 0.29) is 11.3 Å². The fraction of sp³-hybridized carbons (Fsp3) is 0.524. The first-order chi connectivity index (χ1) is 11.8. The Balaban J connectivity index is 1.71. The summed E-state index contributed by atoms with van der Waals surface area (Å²) in [4.78, 5) is 16.6. The zero-order valence-electron chi connectivity index (χ0n) is 15.5. The first-order valence-electron chi connectivity index (χ1n) is 9.25. The van der Waals surface area contributed by atoms with Crippen LogP contribution < -0.4 is 5.73 Å². The first-order valence-corrected chi connectivity index (χ1v) is 9.25.